The van der Waals surface area contributed by atoms with Gasteiger partial charge in [-0.3, -0.25) is 9.63 Å². The predicted octanol–water partition coefficient (Wildman–Crippen LogP) is 4.64. The van der Waals surface area contributed by atoms with Gasteiger partial charge in [0.15, 0.2) is 13.6 Å². The van der Waals surface area contributed by atoms with Crippen LogP contribution in [0.5, 0.6) is 11.5 Å². The summed E-state index contributed by atoms with van der Waals surface area (Å²) in [5.74, 6) is 1.01. The minimum Gasteiger partial charge on any atom is -0.468 e. The molecule has 0 bridgehead atoms. The van der Waals surface area contributed by atoms with Crippen LogP contribution in [0.3, 0.4) is 0 Å². The highest BCUT2D eigenvalue weighted by atomic mass is 28.2. The molecule has 9 heteroatoms. The third kappa shape index (κ3) is 7.42. The lowest BCUT2D eigenvalue weighted by atomic mass is 9.84. The van der Waals surface area contributed by atoms with Gasteiger partial charge in [0.1, 0.15) is 11.5 Å². The van der Waals surface area contributed by atoms with Crippen LogP contribution in [0.2, 0.25) is 5.04 Å². The quantitative estimate of drug-likeness (QED) is 0.237. The van der Waals surface area contributed by atoms with E-state index in [1.807, 2.05) is 26.0 Å². The summed E-state index contributed by atoms with van der Waals surface area (Å²) in [6.07, 6.45) is 2.58. The molecule has 34 heavy (non-hydrogen) atoms. The molecule has 1 aromatic rings. The lowest BCUT2D eigenvalue weighted by molar-refractivity contribution is -0.173. The van der Waals surface area contributed by atoms with E-state index >= 15 is 0 Å². The van der Waals surface area contributed by atoms with Crippen LogP contribution >= 0.6 is 0 Å². The van der Waals surface area contributed by atoms with Crippen molar-refractivity contribution in [2.75, 3.05) is 42.0 Å². The SMILES string of the molecule is COCOc1cc(C2CCCC2C(=O)N(C)OC)c(OCOC)c(C(C)(C)O[Si]C(C)(C)C)c1. The molecule has 1 aromatic carbocycles. The number of benzene rings is 1. The molecular weight excluding hydrogens is 454 g/mol. The molecule has 1 amide bonds. The van der Waals surface area contributed by atoms with E-state index in [0.29, 0.717) is 11.5 Å². The molecule has 0 aromatic heterocycles. The molecular formula is C25H41NO7Si. The predicted molar refractivity (Wildman–Crippen MR) is 131 cm³/mol. The first-order chi connectivity index (χ1) is 15.9. The summed E-state index contributed by atoms with van der Waals surface area (Å²) in [6, 6.07) is 3.90. The zero-order valence-electron chi connectivity index (χ0n) is 22.1. The van der Waals surface area contributed by atoms with E-state index in [2.05, 4.69) is 20.8 Å². The average Bonchev–Trinajstić information content (AvgIpc) is 3.28. The molecule has 0 heterocycles. The summed E-state index contributed by atoms with van der Waals surface area (Å²) in [5, 5.41) is 1.33. The van der Waals surface area contributed by atoms with Crippen molar-refractivity contribution in [2.24, 2.45) is 5.92 Å². The van der Waals surface area contributed by atoms with Crippen LogP contribution in [0.1, 0.15) is 70.9 Å². The van der Waals surface area contributed by atoms with Gasteiger partial charge in [-0.15, -0.1) is 0 Å². The summed E-state index contributed by atoms with van der Waals surface area (Å²) in [5.41, 5.74) is 1.09. The number of methoxy groups -OCH3 is 2. The van der Waals surface area contributed by atoms with Gasteiger partial charge >= 0.3 is 0 Å². The van der Waals surface area contributed by atoms with Crippen molar-refractivity contribution < 1.29 is 33.0 Å². The fraction of sp³-hybridized carbons (Fsp3) is 0.720. The molecule has 1 saturated carbocycles. The molecule has 8 nitrogen and oxygen atoms in total. The van der Waals surface area contributed by atoms with Crippen LogP contribution in [0.25, 0.3) is 0 Å². The van der Waals surface area contributed by atoms with Crippen molar-refractivity contribution >= 4 is 15.7 Å². The topological polar surface area (TPSA) is 75.7 Å². The van der Waals surface area contributed by atoms with Gasteiger partial charge in [0.25, 0.3) is 0 Å². The maximum absolute atomic E-state index is 13.1. The van der Waals surface area contributed by atoms with Crippen LogP contribution in [-0.2, 0) is 29.1 Å². The highest BCUT2D eigenvalue weighted by Crippen LogP contribution is 2.49. The van der Waals surface area contributed by atoms with Crippen molar-refractivity contribution in [3.05, 3.63) is 23.3 Å². The Morgan fingerprint density at radius 3 is 2.26 bits per heavy atom. The van der Waals surface area contributed by atoms with Gasteiger partial charge in [0, 0.05) is 38.3 Å². The molecule has 2 rings (SSSR count). The second-order valence-electron chi connectivity index (χ2n) is 10.1. The minimum atomic E-state index is -0.669. The average molecular weight is 496 g/mol. The van der Waals surface area contributed by atoms with Gasteiger partial charge in [0.2, 0.25) is 15.7 Å². The third-order valence-electron chi connectivity index (χ3n) is 5.83. The Hall–Kier alpha value is -1.65. The highest BCUT2D eigenvalue weighted by Gasteiger charge is 2.40. The van der Waals surface area contributed by atoms with Crippen molar-refractivity contribution in [1.82, 2.24) is 5.06 Å². The Morgan fingerprint density at radius 1 is 1.03 bits per heavy atom. The van der Waals surface area contributed by atoms with Crippen LogP contribution in [0.4, 0.5) is 0 Å². The van der Waals surface area contributed by atoms with Gasteiger partial charge < -0.3 is 23.4 Å². The van der Waals surface area contributed by atoms with Gasteiger partial charge in [-0.2, -0.15) is 0 Å². The smallest absolute Gasteiger partial charge is 0.249 e. The van der Waals surface area contributed by atoms with E-state index in [9.17, 15) is 4.79 Å². The van der Waals surface area contributed by atoms with Crippen molar-refractivity contribution in [2.45, 2.75) is 70.4 Å². The zero-order valence-corrected chi connectivity index (χ0v) is 23.1. The Morgan fingerprint density at radius 2 is 1.68 bits per heavy atom. The molecule has 0 saturated heterocycles. The Bertz CT molecular complexity index is 809. The highest BCUT2D eigenvalue weighted by molar-refractivity contribution is 6.31. The number of ether oxygens (including phenoxy) is 4. The lowest BCUT2D eigenvalue weighted by Gasteiger charge is -2.33. The number of carbonyl (C=O) groups is 1. The van der Waals surface area contributed by atoms with Gasteiger partial charge in [0.05, 0.1) is 12.7 Å². The molecule has 1 fully saturated rings. The largest absolute Gasteiger partial charge is 0.468 e. The summed E-state index contributed by atoms with van der Waals surface area (Å²) >= 11 is 0. The lowest BCUT2D eigenvalue weighted by Crippen LogP contribution is -2.33. The molecule has 1 aliphatic rings. The first-order valence-electron chi connectivity index (χ1n) is 11.6. The van der Waals surface area contributed by atoms with E-state index in [1.165, 1.54) is 12.2 Å². The summed E-state index contributed by atoms with van der Waals surface area (Å²) < 4.78 is 28.9. The van der Waals surface area contributed by atoms with E-state index in [-0.39, 0.29) is 46.1 Å². The first-order valence-corrected chi connectivity index (χ1v) is 12.5. The van der Waals surface area contributed by atoms with Crippen LogP contribution in [0, 0.1) is 5.92 Å². The molecule has 0 N–H and O–H groups in total. The second-order valence-corrected chi connectivity index (χ2v) is 12.0. The number of amides is 1. The summed E-state index contributed by atoms with van der Waals surface area (Å²) in [4.78, 5) is 18.3. The van der Waals surface area contributed by atoms with Gasteiger partial charge in [-0.1, -0.05) is 27.2 Å². The zero-order chi connectivity index (χ0) is 25.5. The number of hydrogen-bond donors (Lipinski definition) is 0. The van der Waals surface area contributed by atoms with Crippen molar-refractivity contribution in [3.8, 4) is 11.5 Å². The fourth-order valence-electron chi connectivity index (χ4n) is 4.12. The normalized spacial score (nSPS) is 18.7. The van der Waals surface area contributed by atoms with Crippen LogP contribution in [0.15, 0.2) is 12.1 Å². The number of carbonyl (C=O) groups excluding carboxylic acids is 1. The first kappa shape index (κ1) is 28.6. The van der Waals surface area contributed by atoms with E-state index in [4.69, 9.17) is 28.2 Å². The molecule has 2 unspecified atom stereocenters. The Balaban J connectivity index is 2.62. The van der Waals surface area contributed by atoms with Crippen molar-refractivity contribution in [3.63, 3.8) is 0 Å². The van der Waals surface area contributed by atoms with E-state index in [1.54, 1.807) is 21.3 Å². The molecule has 0 spiro atoms. The van der Waals surface area contributed by atoms with Gasteiger partial charge in [-0.05, 0) is 49.8 Å². The number of hydrogen-bond acceptors (Lipinski definition) is 7. The number of nitrogens with zero attached hydrogens (tertiary/aromatic N) is 1. The summed E-state index contributed by atoms with van der Waals surface area (Å²) in [7, 11) is 6.60. The monoisotopic (exact) mass is 495 g/mol. The van der Waals surface area contributed by atoms with Gasteiger partial charge in [-0.25, -0.2) is 5.06 Å². The van der Waals surface area contributed by atoms with E-state index in [0.717, 1.165) is 30.4 Å². The molecule has 192 valence electrons. The molecule has 2 atom stereocenters. The number of rotatable bonds is 12. The summed E-state index contributed by atoms with van der Waals surface area (Å²) in [6.45, 7) is 10.7. The molecule has 2 radical (unpaired) electrons. The Kier molecular flexibility index (Phi) is 10.4. The number of hydroxylamine groups is 2. The standard InChI is InChI=1S/C25H41NO7Si/c1-24(2,3)34-33-25(4,5)21-14-17(31-15-28-7)13-20(22(21)32-16-29-8)18-11-10-12-19(18)23(27)26(6)30-9/h13-14,18-19H,10-12,15-16H2,1-9H3. The maximum Gasteiger partial charge on any atom is 0.249 e. The maximum atomic E-state index is 13.1. The molecule has 0 aliphatic heterocycles. The minimum absolute atomic E-state index is 0.0194. The van der Waals surface area contributed by atoms with Crippen LogP contribution < -0.4 is 9.47 Å². The molecule has 1 aliphatic carbocycles. The van der Waals surface area contributed by atoms with Crippen molar-refractivity contribution in [1.29, 1.82) is 0 Å². The fourth-order valence-corrected chi connectivity index (χ4v) is 4.79. The second kappa shape index (κ2) is 12.4. The third-order valence-corrected chi connectivity index (χ3v) is 7.06. The van der Waals surface area contributed by atoms with Crippen LogP contribution in [-0.4, -0.2) is 62.7 Å². The Labute approximate surface area is 207 Å². The van der Waals surface area contributed by atoms with E-state index < -0.39 is 5.60 Å².